The molecule has 1 unspecified atom stereocenters. The van der Waals surface area contributed by atoms with Gasteiger partial charge in [-0.1, -0.05) is 31.4 Å². The third-order valence-corrected chi connectivity index (χ3v) is 8.56. The lowest BCUT2D eigenvalue weighted by atomic mass is 10.0. The lowest BCUT2D eigenvalue weighted by molar-refractivity contribution is -0.121. The summed E-state index contributed by atoms with van der Waals surface area (Å²) in [7, 11) is -3.41. The largest absolute Gasteiger partial charge is 0.356 e. The molecule has 7 heteroatoms. The number of carbonyl (C=O) groups is 1. The molecular formula is C24H39N3O3S. The molecule has 1 aromatic rings. The number of aryl methyl sites for hydroxylation is 1. The number of hydrogen-bond donors (Lipinski definition) is 1. The van der Waals surface area contributed by atoms with Crippen molar-refractivity contribution in [2.24, 2.45) is 0 Å². The predicted molar refractivity (Wildman–Crippen MR) is 125 cm³/mol. The number of nitrogens with zero attached hydrogens (tertiary/aromatic N) is 2. The summed E-state index contributed by atoms with van der Waals surface area (Å²) >= 11 is 0. The Morgan fingerprint density at radius 1 is 1.00 bits per heavy atom. The van der Waals surface area contributed by atoms with Gasteiger partial charge in [-0.25, -0.2) is 8.42 Å². The first kappa shape index (κ1) is 24.2. The van der Waals surface area contributed by atoms with Crippen molar-refractivity contribution in [3.8, 4) is 0 Å². The fourth-order valence-corrected chi connectivity index (χ4v) is 6.12. The zero-order valence-corrected chi connectivity index (χ0v) is 19.8. The maximum absolute atomic E-state index is 12.9. The van der Waals surface area contributed by atoms with Crippen molar-refractivity contribution >= 4 is 15.9 Å². The van der Waals surface area contributed by atoms with Gasteiger partial charge in [-0.2, -0.15) is 4.31 Å². The minimum absolute atomic E-state index is 0.0629. The number of sulfonamides is 1. The van der Waals surface area contributed by atoms with Gasteiger partial charge in [0, 0.05) is 38.6 Å². The molecule has 2 fully saturated rings. The summed E-state index contributed by atoms with van der Waals surface area (Å²) in [6.45, 7) is 6.46. The molecule has 0 bridgehead atoms. The predicted octanol–water partition coefficient (Wildman–Crippen LogP) is 3.56. The smallest absolute Gasteiger partial charge is 0.243 e. The van der Waals surface area contributed by atoms with Crippen molar-refractivity contribution in [3.05, 3.63) is 29.8 Å². The van der Waals surface area contributed by atoms with Gasteiger partial charge in [0.1, 0.15) is 0 Å². The number of nitrogens with one attached hydrogen (secondary N) is 1. The Hall–Kier alpha value is -1.44. The summed E-state index contributed by atoms with van der Waals surface area (Å²) in [6.07, 6.45) is 10.0. The van der Waals surface area contributed by atoms with Crippen LogP contribution in [0.5, 0.6) is 0 Å². The van der Waals surface area contributed by atoms with E-state index in [1.54, 1.807) is 16.4 Å². The molecule has 1 amide bonds. The van der Waals surface area contributed by atoms with Gasteiger partial charge >= 0.3 is 0 Å². The van der Waals surface area contributed by atoms with E-state index in [2.05, 4.69) is 17.1 Å². The number of benzene rings is 1. The van der Waals surface area contributed by atoms with E-state index in [1.807, 2.05) is 12.1 Å². The molecule has 0 spiro atoms. The molecule has 1 aromatic carbocycles. The molecule has 2 aliphatic heterocycles. The van der Waals surface area contributed by atoms with Crippen molar-refractivity contribution in [1.29, 1.82) is 0 Å². The van der Waals surface area contributed by atoms with Crippen LogP contribution in [0.1, 0.15) is 70.3 Å². The molecular weight excluding hydrogens is 410 g/mol. The third kappa shape index (κ3) is 7.29. The average Bonchev–Trinajstić information content (AvgIpc) is 3.07. The van der Waals surface area contributed by atoms with E-state index >= 15 is 0 Å². The van der Waals surface area contributed by atoms with Crippen molar-refractivity contribution in [3.63, 3.8) is 0 Å². The zero-order chi connectivity index (χ0) is 22.1. The Morgan fingerprint density at radius 2 is 1.68 bits per heavy atom. The van der Waals surface area contributed by atoms with Gasteiger partial charge in [0.2, 0.25) is 15.9 Å². The first-order valence-corrected chi connectivity index (χ1v) is 13.5. The number of amides is 1. The Morgan fingerprint density at radius 3 is 2.35 bits per heavy atom. The van der Waals surface area contributed by atoms with Gasteiger partial charge in [0.25, 0.3) is 0 Å². The van der Waals surface area contributed by atoms with Crippen LogP contribution in [-0.2, 0) is 21.2 Å². The Kier molecular flexibility index (Phi) is 9.35. The highest BCUT2D eigenvalue weighted by Crippen LogP contribution is 2.21. The van der Waals surface area contributed by atoms with E-state index in [4.69, 9.17) is 0 Å². The van der Waals surface area contributed by atoms with Gasteiger partial charge in [0.15, 0.2) is 0 Å². The zero-order valence-electron chi connectivity index (χ0n) is 19.0. The van der Waals surface area contributed by atoms with Crippen molar-refractivity contribution < 1.29 is 13.2 Å². The normalized spacial score (nSPS) is 21.5. The molecule has 6 nitrogen and oxygen atoms in total. The van der Waals surface area contributed by atoms with Crippen LogP contribution in [-0.4, -0.2) is 62.3 Å². The number of hydrogen-bond acceptors (Lipinski definition) is 4. The molecule has 2 saturated heterocycles. The van der Waals surface area contributed by atoms with E-state index in [9.17, 15) is 13.2 Å². The molecule has 2 heterocycles. The van der Waals surface area contributed by atoms with Gasteiger partial charge in [0.05, 0.1) is 4.90 Å². The topological polar surface area (TPSA) is 69.7 Å². The first-order chi connectivity index (χ1) is 15.0. The lowest BCUT2D eigenvalue weighted by Crippen LogP contribution is -2.39. The monoisotopic (exact) mass is 449 g/mol. The maximum atomic E-state index is 12.9. The van der Waals surface area contributed by atoms with Crippen LogP contribution in [0.25, 0.3) is 0 Å². The number of piperidine rings is 1. The Balaban J connectivity index is 1.39. The minimum atomic E-state index is -3.41. The summed E-state index contributed by atoms with van der Waals surface area (Å²) in [5.74, 6) is 0.0629. The summed E-state index contributed by atoms with van der Waals surface area (Å²) in [5, 5.41) is 3.02. The second kappa shape index (κ2) is 12.0. The number of carbonyl (C=O) groups excluding carboxylic acids is 1. The summed E-state index contributed by atoms with van der Waals surface area (Å²) in [5.41, 5.74) is 0.993. The van der Waals surface area contributed by atoms with Crippen molar-refractivity contribution in [1.82, 2.24) is 14.5 Å². The molecule has 31 heavy (non-hydrogen) atoms. The van der Waals surface area contributed by atoms with Crippen LogP contribution in [0.4, 0.5) is 0 Å². The van der Waals surface area contributed by atoms with Crippen LogP contribution in [0.2, 0.25) is 0 Å². The fraction of sp³-hybridized carbons (Fsp3) is 0.708. The minimum Gasteiger partial charge on any atom is -0.356 e. The van der Waals surface area contributed by atoms with Gasteiger partial charge < -0.3 is 10.2 Å². The lowest BCUT2D eigenvalue weighted by Gasteiger charge is -2.33. The second-order valence-corrected chi connectivity index (χ2v) is 11.0. The molecule has 174 valence electrons. The Bertz CT molecular complexity index is 787. The first-order valence-electron chi connectivity index (χ1n) is 12.1. The molecule has 0 radical (unpaired) electrons. The molecule has 0 aliphatic carbocycles. The van der Waals surface area contributed by atoms with Crippen molar-refractivity contribution in [2.75, 3.05) is 32.7 Å². The Labute approximate surface area is 188 Å². The molecule has 1 N–H and O–H groups in total. The highest BCUT2D eigenvalue weighted by molar-refractivity contribution is 7.89. The molecule has 0 saturated carbocycles. The maximum Gasteiger partial charge on any atom is 0.243 e. The summed E-state index contributed by atoms with van der Waals surface area (Å²) in [6, 6.07) is 7.72. The van der Waals surface area contributed by atoms with Gasteiger partial charge in [-0.3, -0.25) is 4.79 Å². The molecule has 2 aliphatic rings. The SMILES string of the molecule is CC1CCCCN1CCCNC(=O)CCc1ccc(S(=O)(=O)N2CCCCCC2)cc1. The van der Waals surface area contributed by atoms with E-state index < -0.39 is 10.0 Å². The summed E-state index contributed by atoms with van der Waals surface area (Å²) < 4.78 is 27.3. The standard InChI is InChI=1S/C24H39N3O3S/c1-21-9-4-7-17-26(21)18-8-16-25-24(28)15-12-22-10-13-23(14-11-22)31(29,30)27-19-5-2-3-6-20-27/h10-11,13-14,21H,2-9,12,15-20H2,1H3,(H,25,28). The van der Waals surface area contributed by atoms with Crippen LogP contribution < -0.4 is 5.32 Å². The van der Waals surface area contributed by atoms with E-state index in [-0.39, 0.29) is 5.91 Å². The molecule has 0 aromatic heterocycles. The average molecular weight is 450 g/mol. The van der Waals surface area contributed by atoms with Crippen LogP contribution in [0.3, 0.4) is 0 Å². The highest BCUT2D eigenvalue weighted by atomic mass is 32.2. The van der Waals surface area contributed by atoms with Crippen molar-refractivity contribution in [2.45, 2.75) is 82.1 Å². The fourth-order valence-electron chi connectivity index (χ4n) is 4.61. The van der Waals surface area contributed by atoms with Crippen LogP contribution >= 0.6 is 0 Å². The quantitative estimate of drug-likeness (QED) is 0.585. The van der Waals surface area contributed by atoms with E-state index in [1.165, 1.54) is 25.8 Å². The molecule has 1 atom stereocenters. The molecule has 3 rings (SSSR count). The number of likely N-dealkylation sites (tertiary alicyclic amines) is 1. The van der Waals surface area contributed by atoms with E-state index in [0.717, 1.165) is 50.8 Å². The van der Waals surface area contributed by atoms with Crippen LogP contribution in [0, 0.1) is 0 Å². The number of rotatable bonds is 9. The highest BCUT2D eigenvalue weighted by Gasteiger charge is 2.25. The van der Waals surface area contributed by atoms with Crippen LogP contribution in [0.15, 0.2) is 29.2 Å². The van der Waals surface area contributed by atoms with E-state index in [0.29, 0.717) is 36.9 Å². The third-order valence-electron chi connectivity index (χ3n) is 6.65. The second-order valence-electron chi connectivity index (χ2n) is 9.05. The summed E-state index contributed by atoms with van der Waals surface area (Å²) in [4.78, 5) is 15.1. The van der Waals surface area contributed by atoms with Gasteiger partial charge in [-0.05, 0) is 69.7 Å². The van der Waals surface area contributed by atoms with Gasteiger partial charge in [-0.15, -0.1) is 0 Å².